The molecule has 1 amide bonds. The van der Waals surface area contributed by atoms with E-state index in [1.807, 2.05) is 60.7 Å². The SMILES string of the molecule is O=C(Nc1ncnc2sc3c(c12)CCCC3)C(c1ccccc1)c1ccccc1. The summed E-state index contributed by atoms with van der Waals surface area (Å²) in [7, 11) is 0. The van der Waals surface area contributed by atoms with E-state index in [0.29, 0.717) is 5.82 Å². The smallest absolute Gasteiger partial charge is 0.237 e. The summed E-state index contributed by atoms with van der Waals surface area (Å²) in [6.07, 6.45) is 6.09. The second-order valence-electron chi connectivity index (χ2n) is 7.36. The molecular weight excluding hydrogens is 378 g/mol. The van der Waals surface area contributed by atoms with E-state index in [4.69, 9.17) is 0 Å². The van der Waals surface area contributed by atoms with E-state index < -0.39 is 5.92 Å². The van der Waals surface area contributed by atoms with Crippen molar-refractivity contribution in [1.82, 2.24) is 9.97 Å². The summed E-state index contributed by atoms with van der Waals surface area (Å²) in [4.78, 5) is 24.8. The number of carbonyl (C=O) groups is 1. The van der Waals surface area contributed by atoms with Gasteiger partial charge in [-0.2, -0.15) is 0 Å². The first-order valence-corrected chi connectivity index (χ1v) is 10.8. The van der Waals surface area contributed by atoms with Crippen LogP contribution in [0.2, 0.25) is 0 Å². The van der Waals surface area contributed by atoms with Gasteiger partial charge in [-0.1, -0.05) is 60.7 Å². The molecule has 5 rings (SSSR count). The second kappa shape index (κ2) is 7.76. The Hall–Kier alpha value is -3.05. The van der Waals surface area contributed by atoms with Crippen molar-refractivity contribution in [3.63, 3.8) is 0 Å². The topological polar surface area (TPSA) is 54.9 Å². The van der Waals surface area contributed by atoms with Crippen LogP contribution in [-0.2, 0) is 17.6 Å². The minimum atomic E-state index is -0.392. The monoisotopic (exact) mass is 399 g/mol. The molecule has 0 radical (unpaired) electrons. The Labute approximate surface area is 173 Å². The molecule has 2 aromatic heterocycles. The lowest BCUT2D eigenvalue weighted by Gasteiger charge is -2.18. The highest BCUT2D eigenvalue weighted by Gasteiger charge is 2.25. The van der Waals surface area contributed by atoms with Crippen LogP contribution < -0.4 is 5.32 Å². The maximum absolute atomic E-state index is 13.5. The summed E-state index contributed by atoms with van der Waals surface area (Å²) >= 11 is 1.74. The molecule has 4 nitrogen and oxygen atoms in total. The third-order valence-corrected chi connectivity index (χ3v) is 6.72. The molecule has 4 aromatic rings. The number of carbonyl (C=O) groups excluding carboxylic acids is 1. The lowest BCUT2D eigenvalue weighted by atomic mass is 9.90. The lowest BCUT2D eigenvalue weighted by molar-refractivity contribution is -0.116. The predicted molar refractivity (Wildman–Crippen MR) is 117 cm³/mol. The Morgan fingerprint density at radius 1 is 0.897 bits per heavy atom. The summed E-state index contributed by atoms with van der Waals surface area (Å²) in [5, 5.41) is 4.16. The standard InChI is InChI=1S/C24H21N3OS/c28-23(20(16-9-3-1-4-10-16)17-11-5-2-6-12-17)27-22-21-18-13-7-8-14-19(18)29-24(21)26-15-25-22/h1-6,9-12,15,20H,7-8,13-14H2,(H,25,26,27,28). The first kappa shape index (κ1) is 18.0. The average Bonchev–Trinajstić information content (AvgIpc) is 3.15. The summed E-state index contributed by atoms with van der Waals surface area (Å²) in [6, 6.07) is 19.8. The molecule has 0 atom stereocenters. The Bertz CT molecular complexity index is 1120. The largest absolute Gasteiger partial charge is 0.309 e. The number of rotatable bonds is 4. The Morgan fingerprint density at radius 2 is 1.55 bits per heavy atom. The molecule has 1 N–H and O–H groups in total. The number of amides is 1. The van der Waals surface area contributed by atoms with Crippen molar-refractivity contribution in [2.75, 3.05) is 5.32 Å². The summed E-state index contributed by atoms with van der Waals surface area (Å²) in [5.41, 5.74) is 3.26. The van der Waals surface area contributed by atoms with E-state index in [-0.39, 0.29) is 5.91 Å². The van der Waals surface area contributed by atoms with Gasteiger partial charge in [0.2, 0.25) is 5.91 Å². The van der Waals surface area contributed by atoms with Gasteiger partial charge in [-0.15, -0.1) is 11.3 Å². The van der Waals surface area contributed by atoms with E-state index >= 15 is 0 Å². The minimum absolute atomic E-state index is 0.0711. The molecule has 0 saturated carbocycles. The average molecular weight is 400 g/mol. The van der Waals surface area contributed by atoms with Gasteiger partial charge in [0.25, 0.3) is 0 Å². The maximum Gasteiger partial charge on any atom is 0.237 e. The van der Waals surface area contributed by atoms with Gasteiger partial charge >= 0.3 is 0 Å². The van der Waals surface area contributed by atoms with Crippen LogP contribution in [0.4, 0.5) is 5.82 Å². The summed E-state index contributed by atoms with van der Waals surface area (Å²) in [6.45, 7) is 0. The van der Waals surface area contributed by atoms with Gasteiger partial charge in [-0.05, 0) is 42.4 Å². The van der Waals surface area contributed by atoms with Crippen molar-refractivity contribution in [2.45, 2.75) is 31.6 Å². The van der Waals surface area contributed by atoms with E-state index in [2.05, 4.69) is 15.3 Å². The van der Waals surface area contributed by atoms with E-state index in [1.165, 1.54) is 23.3 Å². The second-order valence-corrected chi connectivity index (χ2v) is 8.44. The first-order chi connectivity index (χ1) is 14.3. The van der Waals surface area contributed by atoms with Gasteiger partial charge in [-0.25, -0.2) is 9.97 Å². The van der Waals surface area contributed by atoms with Crippen LogP contribution in [0.3, 0.4) is 0 Å². The van der Waals surface area contributed by atoms with Crippen LogP contribution in [0.15, 0.2) is 67.0 Å². The zero-order valence-electron chi connectivity index (χ0n) is 16.0. The highest BCUT2D eigenvalue weighted by Crippen LogP contribution is 2.38. The molecule has 1 aliphatic rings. The molecule has 2 heterocycles. The fourth-order valence-electron chi connectivity index (χ4n) is 4.16. The number of nitrogens with zero attached hydrogens (tertiary/aromatic N) is 2. The molecule has 2 aromatic carbocycles. The first-order valence-electron chi connectivity index (χ1n) is 9.97. The molecule has 0 fully saturated rings. The molecule has 0 saturated heterocycles. The molecule has 0 spiro atoms. The fraction of sp³-hybridized carbons (Fsp3) is 0.208. The highest BCUT2D eigenvalue weighted by molar-refractivity contribution is 7.19. The number of aryl methyl sites for hydroxylation is 2. The molecule has 0 unspecified atom stereocenters. The number of benzene rings is 2. The third kappa shape index (κ3) is 3.42. The molecule has 0 aliphatic heterocycles. The summed E-state index contributed by atoms with van der Waals surface area (Å²) < 4.78 is 0. The zero-order chi connectivity index (χ0) is 19.6. The Balaban J connectivity index is 1.55. The molecule has 5 heteroatoms. The number of hydrogen-bond acceptors (Lipinski definition) is 4. The minimum Gasteiger partial charge on any atom is -0.309 e. The Kier molecular flexibility index (Phi) is 4.82. The van der Waals surface area contributed by atoms with Crippen LogP contribution in [0.25, 0.3) is 10.2 Å². The van der Waals surface area contributed by atoms with Crippen molar-refractivity contribution in [3.05, 3.63) is 88.6 Å². The molecule has 144 valence electrons. The quantitative estimate of drug-likeness (QED) is 0.504. The van der Waals surface area contributed by atoms with Crippen LogP contribution in [0.1, 0.15) is 40.3 Å². The van der Waals surface area contributed by atoms with Crippen LogP contribution in [0.5, 0.6) is 0 Å². The van der Waals surface area contributed by atoms with Crippen molar-refractivity contribution < 1.29 is 4.79 Å². The van der Waals surface area contributed by atoms with E-state index in [1.54, 1.807) is 17.7 Å². The van der Waals surface area contributed by atoms with Crippen LogP contribution in [0, 0.1) is 0 Å². The van der Waals surface area contributed by atoms with Crippen molar-refractivity contribution >= 4 is 33.3 Å². The number of hydrogen-bond donors (Lipinski definition) is 1. The van der Waals surface area contributed by atoms with E-state index in [9.17, 15) is 4.79 Å². The normalized spacial score (nSPS) is 13.4. The van der Waals surface area contributed by atoms with Crippen molar-refractivity contribution in [3.8, 4) is 0 Å². The number of nitrogens with one attached hydrogen (secondary N) is 1. The third-order valence-electron chi connectivity index (χ3n) is 5.52. The zero-order valence-corrected chi connectivity index (χ0v) is 16.8. The lowest BCUT2D eigenvalue weighted by Crippen LogP contribution is -2.23. The van der Waals surface area contributed by atoms with Crippen molar-refractivity contribution in [1.29, 1.82) is 0 Å². The van der Waals surface area contributed by atoms with Gasteiger partial charge in [0.05, 0.1) is 11.3 Å². The summed E-state index contributed by atoms with van der Waals surface area (Å²) in [5.74, 6) is 0.172. The van der Waals surface area contributed by atoms with Crippen molar-refractivity contribution in [2.24, 2.45) is 0 Å². The predicted octanol–water partition coefficient (Wildman–Crippen LogP) is 5.34. The highest BCUT2D eigenvalue weighted by atomic mass is 32.1. The van der Waals surface area contributed by atoms with Crippen LogP contribution in [-0.4, -0.2) is 15.9 Å². The molecule has 1 aliphatic carbocycles. The Morgan fingerprint density at radius 3 is 2.24 bits per heavy atom. The number of fused-ring (bicyclic) bond motifs is 3. The van der Waals surface area contributed by atoms with Gasteiger partial charge in [-0.3, -0.25) is 4.79 Å². The molecule has 0 bridgehead atoms. The van der Waals surface area contributed by atoms with Gasteiger partial charge in [0.1, 0.15) is 17.0 Å². The number of thiophene rings is 1. The molecule has 29 heavy (non-hydrogen) atoms. The van der Waals surface area contributed by atoms with Gasteiger partial charge in [0, 0.05) is 4.88 Å². The maximum atomic E-state index is 13.5. The van der Waals surface area contributed by atoms with Gasteiger partial charge in [0.15, 0.2) is 0 Å². The number of anilines is 1. The van der Waals surface area contributed by atoms with Crippen LogP contribution >= 0.6 is 11.3 Å². The fourth-order valence-corrected chi connectivity index (χ4v) is 5.39. The molecular formula is C24H21N3OS. The number of aromatic nitrogens is 2. The van der Waals surface area contributed by atoms with Gasteiger partial charge < -0.3 is 5.32 Å². The van der Waals surface area contributed by atoms with E-state index in [0.717, 1.165) is 34.2 Å².